The van der Waals surface area contributed by atoms with E-state index in [9.17, 15) is 14.7 Å². The third-order valence-electron chi connectivity index (χ3n) is 5.35. The standard InChI is InChI=1S/C24H43N3O4S/c1-3-4-5-6-7-8-9-10-11-12-13-14-15-21(23(29)30)32-17-16-31-19-25-24-26-20(2)18-22(28)27-24/h18,21H,3-17,19H2,1-2H3,(H,29,30)(H2,25,26,27,28). The van der Waals surface area contributed by atoms with Crippen molar-refractivity contribution < 1.29 is 14.6 Å². The summed E-state index contributed by atoms with van der Waals surface area (Å²) in [5.41, 5.74) is 0.423. The van der Waals surface area contributed by atoms with Gasteiger partial charge >= 0.3 is 5.97 Å². The largest absolute Gasteiger partial charge is 0.480 e. The first-order valence-electron chi connectivity index (χ1n) is 12.3. The Bertz CT molecular complexity index is 669. The van der Waals surface area contributed by atoms with E-state index in [4.69, 9.17) is 4.74 Å². The van der Waals surface area contributed by atoms with Gasteiger partial charge in [0.2, 0.25) is 5.95 Å². The Labute approximate surface area is 197 Å². The van der Waals surface area contributed by atoms with Crippen molar-refractivity contribution in [1.82, 2.24) is 9.97 Å². The van der Waals surface area contributed by atoms with Gasteiger partial charge in [-0.3, -0.25) is 14.6 Å². The summed E-state index contributed by atoms with van der Waals surface area (Å²) >= 11 is 1.44. The highest BCUT2D eigenvalue weighted by molar-refractivity contribution is 8.00. The number of nitrogens with one attached hydrogen (secondary N) is 2. The second-order valence-electron chi connectivity index (χ2n) is 8.34. The zero-order valence-corrected chi connectivity index (χ0v) is 20.8. The van der Waals surface area contributed by atoms with Crippen LogP contribution in [0.15, 0.2) is 10.9 Å². The fourth-order valence-electron chi connectivity index (χ4n) is 3.55. The van der Waals surface area contributed by atoms with Crippen molar-refractivity contribution >= 4 is 23.7 Å². The minimum Gasteiger partial charge on any atom is -0.480 e. The van der Waals surface area contributed by atoms with Gasteiger partial charge in [0.25, 0.3) is 5.56 Å². The molecule has 8 heteroatoms. The van der Waals surface area contributed by atoms with Crippen LogP contribution in [0.5, 0.6) is 0 Å². The third-order valence-corrected chi connectivity index (χ3v) is 6.60. The van der Waals surface area contributed by atoms with E-state index in [0.29, 0.717) is 30.4 Å². The molecule has 1 rings (SSSR count). The van der Waals surface area contributed by atoms with E-state index in [0.717, 1.165) is 12.8 Å². The first-order chi connectivity index (χ1) is 15.5. The van der Waals surface area contributed by atoms with E-state index in [1.165, 1.54) is 82.0 Å². The number of carboxylic acids is 1. The zero-order chi connectivity index (χ0) is 23.4. The number of carboxylic acid groups (broad SMARTS) is 1. The molecule has 0 aliphatic rings. The Morgan fingerprint density at radius 3 is 2.25 bits per heavy atom. The fourth-order valence-corrected chi connectivity index (χ4v) is 4.53. The molecule has 1 unspecified atom stereocenters. The van der Waals surface area contributed by atoms with E-state index in [2.05, 4.69) is 22.2 Å². The second kappa shape index (κ2) is 19.0. The van der Waals surface area contributed by atoms with E-state index >= 15 is 0 Å². The molecule has 0 aliphatic carbocycles. The zero-order valence-electron chi connectivity index (χ0n) is 20.0. The van der Waals surface area contributed by atoms with E-state index in [1.807, 2.05) is 0 Å². The molecule has 0 amide bonds. The third kappa shape index (κ3) is 15.3. The molecule has 0 saturated heterocycles. The number of H-pyrrole nitrogens is 1. The summed E-state index contributed by atoms with van der Waals surface area (Å²) < 4.78 is 5.48. The van der Waals surface area contributed by atoms with Gasteiger partial charge in [0.15, 0.2) is 0 Å². The summed E-state index contributed by atoms with van der Waals surface area (Å²) in [6.07, 6.45) is 16.1. The van der Waals surface area contributed by atoms with Crippen LogP contribution in [0.25, 0.3) is 0 Å². The Kier molecular flexibility index (Phi) is 16.9. The van der Waals surface area contributed by atoms with Crippen molar-refractivity contribution in [2.45, 2.75) is 103 Å². The number of anilines is 1. The predicted octanol–water partition coefficient (Wildman–Crippen LogP) is 5.74. The number of aromatic amines is 1. The summed E-state index contributed by atoms with van der Waals surface area (Å²) in [7, 11) is 0. The lowest BCUT2D eigenvalue weighted by Gasteiger charge is -2.12. The highest BCUT2D eigenvalue weighted by Gasteiger charge is 2.17. The van der Waals surface area contributed by atoms with Crippen LogP contribution in [-0.4, -0.2) is 45.4 Å². The van der Waals surface area contributed by atoms with Crippen molar-refractivity contribution in [1.29, 1.82) is 0 Å². The number of ether oxygens (including phenoxy) is 1. The summed E-state index contributed by atoms with van der Waals surface area (Å²) in [6, 6.07) is 1.42. The molecule has 7 nitrogen and oxygen atoms in total. The number of rotatable bonds is 21. The second-order valence-corrected chi connectivity index (χ2v) is 9.65. The van der Waals surface area contributed by atoms with Crippen molar-refractivity contribution in [3.8, 4) is 0 Å². The molecule has 32 heavy (non-hydrogen) atoms. The SMILES string of the molecule is CCCCCCCCCCCCCCC(SCCOCNc1nc(C)cc(=O)[nH]1)C(=O)O. The van der Waals surface area contributed by atoms with Crippen LogP contribution in [0.4, 0.5) is 5.95 Å². The molecule has 184 valence electrons. The monoisotopic (exact) mass is 469 g/mol. The average Bonchev–Trinajstić information content (AvgIpc) is 2.74. The topological polar surface area (TPSA) is 104 Å². The molecule has 1 heterocycles. The molecule has 0 saturated carbocycles. The van der Waals surface area contributed by atoms with Crippen molar-refractivity contribution in [2.75, 3.05) is 24.4 Å². The number of unbranched alkanes of at least 4 members (excludes halogenated alkanes) is 11. The number of nitrogens with zero attached hydrogens (tertiary/aromatic N) is 1. The highest BCUT2D eigenvalue weighted by Crippen LogP contribution is 2.19. The molecule has 3 N–H and O–H groups in total. The summed E-state index contributed by atoms with van der Waals surface area (Å²) in [4.78, 5) is 29.6. The lowest BCUT2D eigenvalue weighted by atomic mass is 10.0. The molecule has 0 aliphatic heterocycles. The quantitative estimate of drug-likeness (QED) is 0.156. The van der Waals surface area contributed by atoms with Crippen LogP contribution in [0.1, 0.15) is 96.1 Å². The van der Waals surface area contributed by atoms with Crippen LogP contribution in [-0.2, 0) is 9.53 Å². The van der Waals surface area contributed by atoms with Gasteiger partial charge < -0.3 is 15.2 Å². The van der Waals surface area contributed by atoms with E-state index < -0.39 is 5.97 Å². The van der Waals surface area contributed by atoms with Crippen molar-refractivity contribution in [3.63, 3.8) is 0 Å². The molecule has 0 aromatic carbocycles. The maximum atomic E-state index is 11.5. The van der Waals surface area contributed by atoms with Gasteiger partial charge in [-0.2, -0.15) is 0 Å². The summed E-state index contributed by atoms with van der Waals surface area (Å²) in [5, 5.41) is 12.0. The smallest absolute Gasteiger partial charge is 0.316 e. The van der Waals surface area contributed by atoms with Gasteiger partial charge in [-0.1, -0.05) is 84.0 Å². The van der Waals surface area contributed by atoms with Crippen LogP contribution >= 0.6 is 11.8 Å². The predicted molar refractivity (Wildman–Crippen MR) is 134 cm³/mol. The summed E-state index contributed by atoms with van der Waals surface area (Å²) in [5.74, 6) is 0.255. The van der Waals surface area contributed by atoms with Gasteiger partial charge in [0.05, 0.1) is 6.61 Å². The Morgan fingerprint density at radius 2 is 1.69 bits per heavy atom. The first-order valence-corrected chi connectivity index (χ1v) is 13.3. The molecule has 0 spiro atoms. The summed E-state index contributed by atoms with van der Waals surface area (Å²) in [6.45, 7) is 4.65. The van der Waals surface area contributed by atoms with Gasteiger partial charge in [-0.25, -0.2) is 4.98 Å². The normalized spacial score (nSPS) is 12.1. The molecule has 1 atom stereocenters. The number of carbonyl (C=O) groups is 1. The van der Waals surface area contributed by atoms with E-state index in [-0.39, 0.29) is 17.5 Å². The van der Waals surface area contributed by atoms with Gasteiger partial charge in [-0.15, -0.1) is 11.8 Å². The fraction of sp³-hybridized carbons (Fsp3) is 0.792. The number of hydrogen-bond acceptors (Lipinski definition) is 6. The lowest BCUT2D eigenvalue weighted by molar-refractivity contribution is -0.136. The first kappa shape index (κ1) is 28.5. The number of hydrogen-bond donors (Lipinski definition) is 3. The minimum atomic E-state index is -0.738. The Morgan fingerprint density at radius 1 is 1.09 bits per heavy atom. The van der Waals surface area contributed by atoms with Crippen LogP contribution in [0.3, 0.4) is 0 Å². The number of aliphatic carboxylic acids is 1. The van der Waals surface area contributed by atoms with Crippen molar-refractivity contribution in [3.05, 3.63) is 22.1 Å². The minimum absolute atomic E-state index is 0.210. The van der Waals surface area contributed by atoms with Crippen LogP contribution in [0.2, 0.25) is 0 Å². The molecular weight excluding hydrogens is 426 g/mol. The molecule has 1 aromatic rings. The molecular formula is C24H43N3O4S. The number of aromatic nitrogens is 2. The number of thioether (sulfide) groups is 1. The molecule has 0 fully saturated rings. The molecule has 0 bridgehead atoms. The molecule has 1 aromatic heterocycles. The Balaban J connectivity index is 1.99. The molecule has 0 radical (unpaired) electrons. The Hall–Kier alpha value is -1.54. The van der Waals surface area contributed by atoms with Crippen LogP contribution in [0, 0.1) is 6.92 Å². The van der Waals surface area contributed by atoms with Gasteiger partial charge in [0.1, 0.15) is 12.0 Å². The highest BCUT2D eigenvalue weighted by atomic mass is 32.2. The maximum absolute atomic E-state index is 11.5. The van der Waals surface area contributed by atoms with Gasteiger partial charge in [0, 0.05) is 17.5 Å². The van der Waals surface area contributed by atoms with E-state index in [1.54, 1.807) is 6.92 Å². The number of aryl methyl sites for hydroxylation is 1. The lowest BCUT2D eigenvalue weighted by Crippen LogP contribution is -2.19. The maximum Gasteiger partial charge on any atom is 0.316 e. The van der Waals surface area contributed by atoms with Gasteiger partial charge in [-0.05, 0) is 13.3 Å². The van der Waals surface area contributed by atoms with Crippen molar-refractivity contribution in [2.24, 2.45) is 0 Å². The van der Waals surface area contributed by atoms with Crippen LogP contribution < -0.4 is 10.9 Å². The average molecular weight is 470 g/mol.